The number of nitrogens with zero attached hydrogens (tertiary/aromatic N) is 1. The zero-order valence-electron chi connectivity index (χ0n) is 14.9. The fraction of sp³-hybridized carbons (Fsp3) is 0.550. The minimum Gasteiger partial charge on any atom is -0.490 e. The van der Waals surface area contributed by atoms with Gasteiger partial charge in [-0.15, -0.1) is 0 Å². The van der Waals surface area contributed by atoms with Crippen LogP contribution in [-0.4, -0.2) is 41.0 Å². The Labute approximate surface area is 157 Å². The molecule has 1 N–H and O–H groups in total. The molecule has 1 saturated carbocycles. The van der Waals surface area contributed by atoms with E-state index in [1.54, 1.807) is 24.3 Å². The van der Waals surface area contributed by atoms with E-state index in [4.69, 9.17) is 9.47 Å². The van der Waals surface area contributed by atoms with Crippen LogP contribution in [0.25, 0.3) is 0 Å². The Balaban J connectivity index is 1.25. The Bertz CT molecular complexity index is 758. The van der Waals surface area contributed by atoms with Crippen molar-refractivity contribution in [1.82, 2.24) is 10.4 Å². The van der Waals surface area contributed by atoms with Crippen LogP contribution in [0, 0.1) is 11.8 Å². The molecule has 0 unspecified atom stereocenters. The van der Waals surface area contributed by atoms with Crippen molar-refractivity contribution >= 4 is 17.7 Å². The van der Waals surface area contributed by atoms with E-state index in [2.05, 4.69) is 5.43 Å². The van der Waals surface area contributed by atoms with Crippen molar-refractivity contribution in [1.29, 1.82) is 0 Å². The zero-order chi connectivity index (χ0) is 18.5. The Morgan fingerprint density at radius 1 is 0.963 bits per heavy atom. The Kier molecular flexibility index (Phi) is 3.93. The molecule has 5 rings (SSSR count). The molecule has 1 aliphatic carbocycles. The van der Waals surface area contributed by atoms with Crippen molar-refractivity contribution < 1.29 is 23.9 Å². The molecule has 0 radical (unpaired) electrons. The molecule has 1 aromatic rings. The van der Waals surface area contributed by atoms with E-state index < -0.39 is 17.7 Å². The molecule has 4 atom stereocenters. The molecule has 3 aliphatic heterocycles. The van der Waals surface area contributed by atoms with Gasteiger partial charge in [0.2, 0.25) is 0 Å². The van der Waals surface area contributed by atoms with Gasteiger partial charge in [0.1, 0.15) is 5.75 Å². The SMILES string of the molecule is O=C(NN1C(=O)[C@@H]2[C@H](C1=O)[C@H]1CC[C@@H]2O1)c1ccc(OC2CCCC2)cc1. The summed E-state index contributed by atoms with van der Waals surface area (Å²) in [6, 6.07) is 6.81. The number of fused-ring (bicyclic) bond motifs is 5. The molecule has 3 amide bonds. The van der Waals surface area contributed by atoms with Gasteiger partial charge in [-0.2, -0.15) is 5.01 Å². The highest BCUT2D eigenvalue weighted by Gasteiger charge is 2.62. The monoisotopic (exact) mass is 370 g/mol. The fourth-order valence-corrected chi connectivity index (χ4v) is 4.87. The van der Waals surface area contributed by atoms with Gasteiger partial charge in [-0.05, 0) is 62.8 Å². The second-order valence-corrected chi connectivity index (χ2v) is 7.84. The number of rotatable bonds is 4. The first-order valence-electron chi connectivity index (χ1n) is 9.73. The molecule has 7 heteroatoms. The molecule has 7 nitrogen and oxygen atoms in total. The first-order chi connectivity index (χ1) is 13.1. The van der Waals surface area contributed by atoms with Crippen LogP contribution in [0.5, 0.6) is 5.75 Å². The highest BCUT2D eigenvalue weighted by atomic mass is 16.5. The van der Waals surface area contributed by atoms with Gasteiger partial charge in [-0.3, -0.25) is 19.8 Å². The normalized spacial score (nSPS) is 32.2. The van der Waals surface area contributed by atoms with Crippen LogP contribution in [0.1, 0.15) is 48.9 Å². The summed E-state index contributed by atoms with van der Waals surface area (Å²) in [4.78, 5) is 37.7. The quantitative estimate of drug-likeness (QED) is 0.817. The molecule has 0 spiro atoms. The number of ether oxygens (including phenoxy) is 2. The highest BCUT2D eigenvalue weighted by molar-refractivity contribution is 6.08. The van der Waals surface area contributed by atoms with Gasteiger partial charge >= 0.3 is 0 Å². The zero-order valence-corrected chi connectivity index (χ0v) is 14.9. The molecule has 27 heavy (non-hydrogen) atoms. The van der Waals surface area contributed by atoms with Gasteiger partial charge in [-0.1, -0.05) is 0 Å². The summed E-state index contributed by atoms with van der Waals surface area (Å²) in [5, 5.41) is 0.897. The fourth-order valence-electron chi connectivity index (χ4n) is 4.87. The first-order valence-corrected chi connectivity index (χ1v) is 9.73. The standard InChI is InChI=1S/C20H22N2O5/c23-18(11-5-7-13(8-6-11)26-12-3-1-2-4-12)21-22-19(24)16-14-9-10-15(27-14)17(16)20(22)25/h5-8,12,14-17H,1-4,9-10H2,(H,21,23)/t14-,15+,16-,17+. The summed E-state index contributed by atoms with van der Waals surface area (Å²) in [5.74, 6) is -1.34. The molecule has 1 aromatic carbocycles. The lowest BCUT2D eigenvalue weighted by Gasteiger charge is -2.18. The van der Waals surface area contributed by atoms with Crippen molar-refractivity contribution in [2.24, 2.45) is 11.8 Å². The van der Waals surface area contributed by atoms with Gasteiger partial charge < -0.3 is 9.47 Å². The van der Waals surface area contributed by atoms with Crippen molar-refractivity contribution in [2.75, 3.05) is 0 Å². The van der Waals surface area contributed by atoms with E-state index in [1.807, 2.05) is 0 Å². The molecule has 4 aliphatic rings. The van der Waals surface area contributed by atoms with Crippen LogP contribution >= 0.6 is 0 Å². The number of hydrogen-bond acceptors (Lipinski definition) is 5. The molecule has 4 fully saturated rings. The molecule has 142 valence electrons. The molecule has 0 aromatic heterocycles. The lowest BCUT2D eigenvalue weighted by molar-refractivity contribution is -0.145. The van der Waals surface area contributed by atoms with Gasteiger partial charge in [-0.25, -0.2) is 0 Å². The third-order valence-corrected chi connectivity index (χ3v) is 6.22. The van der Waals surface area contributed by atoms with Crippen molar-refractivity contribution in [3.05, 3.63) is 29.8 Å². The minimum absolute atomic E-state index is 0.189. The Morgan fingerprint density at radius 2 is 1.56 bits per heavy atom. The number of benzene rings is 1. The van der Waals surface area contributed by atoms with E-state index in [1.165, 1.54) is 12.8 Å². The van der Waals surface area contributed by atoms with Gasteiger partial charge in [0.05, 0.1) is 30.1 Å². The molecular weight excluding hydrogens is 348 g/mol. The number of amides is 3. The van der Waals surface area contributed by atoms with Gasteiger partial charge in [0.15, 0.2) is 0 Å². The number of hydrazine groups is 1. The lowest BCUT2D eigenvalue weighted by Crippen LogP contribution is -2.47. The van der Waals surface area contributed by atoms with Crippen LogP contribution < -0.4 is 10.2 Å². The third kappa shape index (κ3) is 2.72. The Morgan fingerprint density at radius 3 is 2.15 bits per heavy atom. The van der Waals surface area contributed by atoms with E-state index in [-0.39, 0.29) is 30.1 Å². The number of nitrogens with one attached hydrogen (secondary N) is 1. The predicted octanol–water partition coefficient (Wildman–Crippen LogP) is 1.82. The van der Waals surface area contributed by atoms with E-state index in [0.717, 1.165) is 36.4 Å². The first kappa shape index (κ1) is 16.7. The summed E-state index contributed by atoms with van der Waals surface area (Å²) in [6.07, 6.45) is 5.99. The van der Waals surface area contributed by atoms with Crippen LogP contribution in [0.4, 0.5) is 0 Å². The summed E-state index contributed by atoms with van der Waals surface area (Å²) >= 11 is 0. The third-order valence-electron chi connectivity index (χ3n) is 6.22. The van der Waals surface area contributed by atoms with Crippen LogP contribution in [0.3, 0.4) is 0 Å². The maximum atomic E-state index is 12.6. The average molecular weight is 370 g/mol. The minimum atomic E-state index is -0.475. The van der Waals surface area contributed by atoms with Crippen molar-refractivity contribution in [3.8, 4) is 5.75 Å². The predicted molar refractivity (Wildman–Crippen MR) is 93.5 cm³/mol. The molecule has 3 saturated heterocycles. The summed E-state index contributed by atoms with van der Waals surface area (Å²) < 4.78 is 11.6. The summed E-state index contributed by atoms with van der Waals surface area (Å²) in [7, 11) is 0. The smallest absolute Gasteiger partial charge is 0.270 e. The lowest BCUT2D eigenvalue weighted by atomic mass is 9.81. The average Bonchev–Trinajstić information content (AvgIpc) is 3.45. The number of hydrogen-bond donors (Lipinski definition) is 1. The van der Waals surface area contributed by atoms with Gasteiger partial charge in [0, 0.05) is 5.56 Å². The van der Waals surface area contributed by atoms with Gasteiger partial charge in [0.25, 0.3) is 17.7 Å². The van der Waals surface area contributed by atoms with Crippen LogP contribution in [-0.2, 0) is 14.3 Å². The Hall–Kier alpha value is -2.41. The number of carbonyl (C=O) groups is 3. The second-order valence-electron chi connectivity index (χ2n) is 7.84. The van der Waals surface area contributed by atoms with Crippen molar-refractivity contribution in [2.45, 2.75) is 56.8 Å². The van der Waals surface area contributed by atoms with Crippen LogP contribution in [0.15, 0.2) is 24.3 Å². The summed E-state index contributed by atoms with van der Waals surface area (Å²) in [5.41, 5.74) is 2.86. The second kappa shape index (κ2) is 6.34. The topological polar surface area (TPSA) is 84.9 Å². The van der Waals surface area contributed by atoms with Crippen molar-refractivity contribution in [3.63, 3.8) is 0 Å². The maximum absolute atomic E-state index is 12.6. The van der Waals surface area contributed by atoms with E-state index in [0.29, 0.717) is 5.56 Å². The van der Waals surface area contributed by atoms with E-state index in [9.17, 15) is 14.4 Å². The maximum Gasteiger partial charge on any atom is 0.270 e. The number of imide groups is 1. The van der Waals surface area contributed by atoms with E-state index >= 15 is 0 Å². The molecule has 2 bridgehead atoms. The van der Waals surface area contributed by atoms with Crippen LogP contribution in [0.2, 0.25) is 0 Å². The highest BCUT2D eigenvalue weighted by Crippen LogP contribution is 2.48. The molecule has 3 heterocycles. The summed E-state index contributed by atoms with van der Waals surface area (Å²) in [6.45, 7) is 0. The largest absolute Gasteiger partial charge is 0.490 e. The number of carbonyl (C=O) groups excluding carboxylic acids is 3. The molecular formula is C20H22N2O5.